The molecule has 20 aromatic carbocycles. The van der Waals surface area contributed by atoms with Gasteiger partial charge in [0.2, 0.25) is 0 Å². The first-order chi connectivity index (χ1) is 65.7. The number of para-hydroxylation sites is 11. The van der Waals surface area contributed by atoms with Crippen LogP contribution in [0.4, 0.5) is 51.2 Å². The Morgan fingerprint density at radius 1 is 0.179 bits per heavy atom. The van der Waals surface area contributed by atoms with Crippen molar-refractivity contribution in [3.05, 3.63) is 440 Å². The molecule has 0 bridgehead atoms. The predicted octanol–water partition coefficient (Wildman–Crippen LogP) is 35.2. The third-order valence-electron chi connectivity index (χ3n) is 28.1. The highest BCUT2D eigenvalue weighted by Gasteiger charge is 2.42. The third-order valence-corrected chi connectivity index (χ3v) is 28.1. The first-order valence-electron chi connectivity index (χ1n) is 45.7. The van der Waals surface area contributed by atoms with Gasteiger partial charge in [-0.3, -0.25) is 0 Å². The first kappa shape index (κ1) is 78.1. The Morgan fingerprint density at radius 2 is 0.507 bits per heavy atom. The van der Waals surface area contributed by atoms with Crippen molar-refractivity contribution in [1.82, 2.24) is 0 Å². The van der Waals surface area contributed by atoms with Crippen LogP contribution >= 0.6 is 0 Å². The third kappa shape index (κ3) is 12.3. The SMILES string of the molecule is CC1(C)c2ccccc2-c2ccc(N(c3ccc4c(c3)oc3ccccc34)c3cccc4c3Oc3ccccc3O4)cc21.CC1(C)c2ccccc2-c2ccc(N(c3ccc4c(ccc5ccccc54)c3)c3cccc4c3Oc3ccccc3O4)cc21.CC1(C)c2ccccc2-c2ccc(N(c3cccc4c3Oc3ccccc3O4)c3ccc4c5c(cccc35)Oc3ccccc3-4)cc21. The summed E-state index contributed by atoms with van der Waals surface area (Å²) in [6.07, 6.45) is 0. The van der Waals surface area contributed by atoms with E-state index in [0.29, 0.717) is 63.2 Å². The van der Waals surface area contributed by atoms with E-state index < -0.39 is 0 Å². The van der Waals surface area contributed by atoms with E-state index >= 15 is 0 Å². The smallest absolute Gasteiger partial charge is 0.194 e. The molecule has 7 aliphatic rings. The summed E-state index contributed by atoms with van der Waals surface area (Å²) >= 11 is 0. The molecule has 640 valence electrons. The standard InChI is InChI=1S/C43H29NO3.C41H29NO2.C39H27NO3/c1-43(2)32-14-5-3-11-27(32)28-22-21-26(25-33(28)43)44(35-15-10-20-40-42(35)47-38-18-8-7-17-37(38)46-40)34-24-23-30-29-12-4-6-16-36(29)45-39-19-9-13-31(34)41(30)39;1-41(2)34-13-6-5-12-32(34)33-23-21-29(25-35(33)41)42(28-20-22-31-27(24-28)19-18-26-10-3-4-11-30(26)31)36-14-9-17-39-40(36)44-38-16-8-7-15-37(38)43-39;1-39(2)30-12-5-3-10-26(30)27-20-18-24(22-31(27)39)40(25-19-21-29-28-11-4-6-14-33(28)41-37(29)23-25)32-13-9-17-36-38(32)43-35-16-8-7-15-34(35)42-36/h3-25H,1-2H3;3-25H,1-2H3;3-23H,1-2H3. The molecule has 28 rings (SSSR count). The fourth-order valence-corrected chi connectivity index (χ4v) is 21.6. The van der Waals surface area contributed by atoms with E-state index in [-0.39, 0.29) is 16.2 Å². The number of benzene rings is 20. The van der Waals surface area contributed by atoms with Crippen molar-refractivity contribution >= 4 is 105 Å². The highest BCUT2D eigenvalue weighted by molar-refractivity contribution is 6.13. The van der Waals surface area contributed by atoms with Crippen LogP contribution in [0, 0.1) is 0 Å². The molecule has 0 spiro atoms. The van der Waals surface area contributed by atoms with Gasteiger partial charge in [0, 0.05) is 72.2 Å². The lowest BCUT2D eigenvalue weighted by Gasteiger charge is -2.32. The van der Waals surface area contributed by atoms with Gasteiger partial charge < -0.3 is 52.3 Å². The van der Waals surface area contributed by atoms with Crippen LogP contribution in [-0.2, 0) is 16.2 Å². The second-order valence-electron chi connectivity index (χ2n) is 36.9. The lowest BCUT2D eigenvalue weighted by atomic mass is 9.82. The van der Waals surface area contributed by atoms with Gasteiger partial charge in [0.25, 0.3) is 0 Å². The summed E-state index contributed by atoms with van der Waals surface area (Å²) in [5, 5.41) is 9.30. The normalized spacial score (nSPS) is 13.9. The average molecular weight is 1730 g/mol. The number of hydrogen-bond donors (Lipinski definition) is 0. The van der Waals surface area contributed by atoms with Crippen molar-refractivity contribution in [3.8, 4) is 125 Å². The summed E-state index contributed by atoms with van der Waals surface area (Å²) in [7, 11) is 0. The van der Waals surface area contributed by atoms with E-state index in [1.54, 1.807) is 0 Å². The molecule has 4 aliphatic heterocycles. The van der Waals surface area contributed by atoms with Crippen LogP contribution in [0.25, 0.3) is 98.8 Å². The van der Waals surface area contributed by atoms with Gasteiger partial charge in [-0.05, 0) is 252 Å². The summed E-state index contributed by atoms with van der Waals surface area (Å²) in [6, 6.07) is 142. The van der Waals surface area contributed by atoms with Gasteiger partial charge in [-0.25, -0.2) is 0 Å². The molecular weight excluding hydrogens is 1650 g/mol. The molecule has 0 N–H and O–H groups in total. The number of ether oxygens (including phenoxy) is 7. The molecule has 0 saturated carbocycles. The number of anilines is 9. The van der Waals surface area contributed by atoms with Crippen LogP contribution in [-0.4, -0.2) is 0 Å². The largest absolute Gasteiger partial charge is 0.456 e. The van der Waals surface area contributed by atoms with Gasteiger partial charge in [-0.15, -0.1) is 0 Å². The molecule has 0 amide bonds. The predicted molar refractivity (Wildman–Crippen MR) is 541 cm³/mol. The van der Waals surface area contributed by atoms with E-state index in [9.17, 15) is 0 Å². The van der Waals surface area contributed by atoms with Crippen molar-refractivity contribution in [2.45, 2.75) is 57.8 Å². The van der Waals surface area contributed by atoms with Crippen LogP contribution in [0.5, 0.6) is 80.5 Å². The Balaban J connectivity index is 0.000000105. The average Bonchev–Trinajstić information content (AvgIpc) is 1.46. The molecule has 0 saturated heterocycles. The van der Waals surface area contributed by atoms with Gasteiger partial charge in [-0.2, -0.15) is 0 Å². The zero-order chi connectivity index (χ0) is 89.4. The zero-order valence-corrected chi connectivity index (χ0v) is 74.3. The molecule has 11 heteroatoms. The lowest BCUT2D eigenvalue weighted by molar-refractivity contribution is 0.360. The molecule has 5 heterocycles. The summed E-state index contributed by atoms with van der Waals surface area (Å²) in [6.45, 7) is 13.9. The van der Waals surface area contributed by atoms with Gasteiger partial charge >= 0.3 is 0 Å². The molecule has 0 atom stereocenters. The minimum atomic E-state index is -0.153. The summed E-state index contributed by atoms with van der Waals surface area (Å²) in [4.78, 5) is 6.88. The van der Waals surface area contributed by atoms with Crippen molar-refractivity contribution in [1.29, 1.82) is 0 Å². The van der Waals surface area contributed by atoms with E-state index in [0.717, 1.165) is 112 Å². The Kier molecular flexibility index (Phi) is 17.5. The van der Waals surface area contributed by atoms with Gasteiger partial charge in [-0.1, -0.05) is 284 Å². The van der Waals surface area contributed by atoms with Crippen molar-refractivity contribution in [2.75, 3.05) is 14.7 Å². The van der Waals surface area contributed by atoms with Gasteiger partial charge in [0.15, 0.2) is 69.0 Å². The first-order valence-corrected chi connectivity index (χ1v) is 45.7. The van der Waals surface area contributed by atoms with Crippen molar-refractivity contribution < 1.29 is 37.6 Å². The molecule has 134 heavy (non-hydrogen) atoms. The summed E-state index contributed by atoms with van der Waals surface area (Å²) < 4.78 is 51.7. The maximum Gasteiger partial charge on any atom is 0.194 e. The molecule has 0 unspecified atom stereocenters. The maximum absolute atomic E-state index is 6.66. The van der Waals surface area contributed by atoms with E-state index in [1.165, 1.54) is 88.3 Å². The summed E-state index contributed by atoms with van der Waals surface area (Å²) in [5.41, 5.74) is 28.2. The van der Waals surface area contributed by atoms with Crippen LogP contribution in [0.1, 0.15) is 74.9 Å². The zero-order valence-electron chi connectivity index (χ0n) is 74.3. The molecular formula is C123H85N3O8. The Morgan fingerprint density at radius 3 is 1.02 bits per heavy atom. The highest BCUT2D eigenvalue weighted by atomic mass is 16.6. The quantitative estimate of drug-likeness (QED) is 0.130. The molecule has 3 aliphatic carbocycles. The topological polar surface area (TPSA) is 87.5 Å². The molecule has 11 nitrogen and oxygen atoms in total. The second-order valence-corrected chi connectivity index (χ2v) is 36.9. The number of furan rings is 1. The Hall–Kier alpha value is -17.0. The summed E-state index contributed by atoms with van der Waals surface area (Å²) in [5.74, 6) is 10.1. The second kappa shape index (κ2) is 30.0. The highest BCUT2D eigenvalue weighted by Crippen LogP contribution is 2.62. The Bertz CT molecular complexity index is 8530. The maximum atomic E-state index is 6.66. The van der Waals surface area contributed by atoms with Gasteiger partial charge in [0.1, 0.15) is 22.7 Å². The fourth-order valence-electron chi connectivity index (χ4n) is 21.6. The van der Waals surface area contributed by atoms with Crippen molar-refractivity contribution in [3.63, 3.8) is 0 Å². The molecule has 0 fully saturated rings. The van der Waals surface area contributed by atoms with Crippen LogP contribution < -0.4 is 47.9 Å². The van der Waals surface area contributed by atoms with Gasteiger partial charge in [0.05, 0.1) is 28.4 Å². The number of fused-ring (bicyclic) bond motifs is 23. The van der Waals surface area contributed by atoms with Crippen LogP contribution in [0.3, 0.4) is 0 Å². The van der Waals surface area contributed by atoms with E-state index in [4.69, 9.17) is 37.6 Å². The van der Waals surface area contributed by atoms with E-state index in [2.05, 4.69) is 323 Å². The van der Waals surface area contributed by atoms with Crippen LogP contribution in [0.2, 0.25) is 0 Å². The molecule has 0 radical (unpaired) electrons. The number of rotatable bonds is 9. The Labute approximate surface area is 775 Å². The van der Waals surface area contributed by atoms with Crippen molar-refractivity contribution in [2.24, 2.45) is 0 Å². The van der Waals surface area contributed by atoms with Crippen LogP contribution in [0.15, 0.2) is 411 Å². The fraction of sp³-hybridized carbons (Fsp3) is 0.0732. The minimum Gasteiger partial charge on any atom is -0.456 e. The minimum absolute atomic E-state index is 0.120. The lowest BCUT2D eigenvalue weighted by Crippen LogP contribution is -2.17. The monoisotopic (exact) mass is 1730 g/mol. The molecule has 1 aromatic heterocycles. The number of hydrogen-bond acceptors (Lipinski definition) is 11. The molecule has 21 aromatic rings. The van der Waals surface area contributed by atoms with E-state index in [1.807, 2.05) is 140 Å². The number of nitrogens with zero attached hydrogens (tertiary/aromatic N) is 3.